The second-order valence-corrected chi connectivity index (χ2v) is 7.11. The largest absolute Gasteiger partial charge is 0.471 e. The van der Waals surface area contributed by atoms with Crippen LogP contribution in [0.1, 0.15) is 11.1 Å². The number of halogens is 6. The number of rotatable bonds is 6. The molecule has 0 bridgehead atoms. The van der Waals surface area contributed by atoms with Crippen LogP contribution in [0.3, 0.4) is 0 Å². The van der Waals surface area contributed by atoms with Crippen molar-refractivity contribution < 1.29 is 31.6 Å². The number of amides is 1. The molecule has 0 unspecified atom stereocenters. The van der Waals surface area contributed by atoms with Crippen molar-refractivity contribution in [2.75, 3.05) is 19.0 Å². The summed E-state index contributed by atoms with van der Waals surface area (Å²) in [7, 11) is 1.53. The Hall–Kier alpha value is -2.58. The van der Waals surface area contributed by atoms with Crippen LogP contribution in [0.5, 0.6) is 0 Å². The molecule has 31 heavy (non-hydrogen) atoms. The van der Waals surface area contributed by atoms with Gasteiger partial charge in [0, 0.05) is 18.8 Å². The number of carbonyl (C=O) groups excluding carboxylic acids is 1. The first-order valence-corrected chi connectivity index (χ1v) is 9.70. The summed E-state index contributed by atoms with van der Waals surface area (Å²) >= 11 is 1.73. The van der Waals surface area contributed by atoms with Crippen LogP contribution in [0, 0.1) is 15.3 Å². The number of carbonyl (C=O) groups is 1. The van der Waals surface area contributed by atoms with E-state index in [4.69, 9.17) is 4.84 Å². The average molecular weight is 552 g/mol. The van der Waals surface area contributed by atoms with E-state index < -0.39 is 23.7 Å². The molecule has 0 aliphatic rings. The van der Waals surface area contributed by atoms with Gasteiger partial charge in [-0.25, -0.2) is 19.2 Å². The molecule has 3 aromatic rings. The zero-order valence-corrected chi connectivity index (χ0v) is 17.9. The summed E-state index contributed by atoms with van der Waals surface area (Å²) in [5, 5.41) is 1.72. The van der Waals surface area contributed by atoms with Crippen LogP contribution < -0.4 is 10.8 Å². The fourth-order valence-electron chi connectivity index (χ4n) is 2.74. The SMILES string of the molecule is CNOCC=C(c1ccc2nc(NC(=O)C(F)(F)F)c(I)n2c1)c1cccc(F)c1F. The number of aromatic nitrogens is 2. The second kappa shape index (κ2) is 9.28. The Morgan fingerprint density at radius 2 is 2.00 bits per heavy atom. The molecule has 0 fully saturated rings. The monoisotopic (exact) mass is 552 g/mol. The number of nitrogens with zero attached hydrogens (tertiary/aromatic N) is 2. The smallest absolute Gasteiger partial charge is 0.301 e. The van der Waals surface area contributed by atoms with E-state index in [2.05, 4.69) is 10.5 Å². The first-order valence-electron chi connectivity index (χ1n) is 8.62. The highest BCUT2D eigenvalue weighted by Crippen LogP contribution is 2.29. The van der Waals surface area contributed by atoms with E-state index in [1.165, 1.54) is 41.9 Å². The predicted octanol–water partition coefficient (Wildman–Crippen LogP) is 4.30. The molecule has 2 N–H and O–H groups in total. The molecule has 3 rings (SSSR count). The first kappa shape index (κ1) is 23.1. The van der Waals surface area contributed by atoms with E-state index in [1.54, 1.807) is 34.0 Å². The van der Waals surface area contributed by atoms with Gasteiger partial charge in [-0.2, -0.15) is 13.2 Å². The Kier molecular flexibility index (Phi) is 6.91. The van der Waals surface area contributed by atoms with Crippen molar-refractivity contribution >= 4 is 45.5 Å². The Balaban J connectivity index is 2.08. The van der Waals surface area contributed by atoms with Crippen LogP contribution in [0.4, 0.5) is 27.8 Å². The molecule has 0 radical (unpaired) electrons. The molecular formula is C19H14F5IN4O2. The Bertz CT molecular complexity index is 1160. The quantitative estimate of drug-likeness (QED) is 0.207. The van der Waals surface area contributed by atoms with Gasteiger partial charge in [0.05, 0.1) is 6.61 Å². The lowest BCUT2D eigenvalue weighted by Gasteiger charge is -2.11. The normalized spacial score (nSPS) is 12.4. The number of hydrogen-bond donors (Lipinski definition) is 2. The van der Waals surface area contributed by atoms with Gasteiger partial charge < -0.3 is 5.32 Å². The summed E-state index contributed by atoms with van der Waals surface area (Å²) in [6, 6.07) is 6.75. The molecule has 0 aliphatic carbocycles. The van der Waals surface area contributed by atoms with Crippen LogP contribution in [0.15, 0.2) is 42.6 Å². The van der Waals surface area contributed by atoms with Gasteiger partial charge in [0.1, 0.15) is 9.35 Å². The molecule has 0 atom stereocenters. The molecule has 2 aromatic heterocycles. The number of benzene rings is 1. The van der Waals surface area contributed by atoms with Crippen molar-refractivity contribution in [3.05, 3.63) is 69.1 Å². The van der Waals surface area contributed by atoms with E-state index in [9.17, 15) is 26.7 Å². The van der Waals surface area contributed by atoms with E-state index in [0.29, 0.717) is 11.1 Å². The number of alkyl halides is 3. The fraction of sp³-hybridized carbons (Fsp3) is 0.158. The zero-order chi connectivity index (χ0) is 22.8. The van der Waals surface area contributed by atoms with Gasteiger partial charge in [-0.15, -0.1) is 0 Å². The number of nitrogens with one attached hydrogen (secondary N) is 2. The number of anilines is 1. The highest BCUT2D eigenvalue weighted by molar-refractivity contribution is 14.1. The summed E-state index contributed by atoms with van der Waals surface area (Å²) < 4.78 is 67.5. The summed E-state index contributed by atoms with van der Waals surface area (Å²) in [5.74, 6) is -4.52. The van der Waals surface area contributed by atoms with Crippen LogP contribution >= 0.6 is 22.6 Å². The average Bonchev–Trinajstić information content (AvgIpc) is 3.02. The number of pyridine rings is 1. The maximum Gasteiger partial charge on any atom is 0.471 e. The summed E-state index contributed by atoms with van der Waals surface area (Å²) in [6.45, 7) is 0.0216. The molecule has 0 saturated carbocycles. The van der Waals surface area contributed by atoms with Gasteiger partial charge in [-0.05, 0) is 58.0 Å². The van der Waals surface area contributed by atoms with Crippen LogP contribution in [0.2, 0.25) is 0 Å². The minimum atomic E-state index is -5.07. The molecule has 0 aliphatic heterocycles. The van der Waals surface area contributed by atoms with Gasteiger partial charge in [0.2, 0.25) is 0 Å². The highest BCUT2D eigenvalue weighted by Gasteiger charge is 2.39. The van der Waals surface area contributed by atoms with Crippen molar-refractivity contribution in [3.63, 3.8) is 0 Å². The summed E-state index contributed by atoms with van der Waals surface area (Å²) in [6.07, 6.45) is -2.06. The van der Waals surface area contributed by atoms with Crippen LogP contribution in [-0.2, 0) is 9.63 Å². The van der Waals surface area contributed by atoms with Gasteiger partial charge in [0.15, 0.2) is 17.5 Å². The molecule has 1 amide bonds. The Morgan fingerprint density at radius 3 is 2.68 bits per heavy atom. The third-order valence-corrected chi connectivity index (χ3v) is 5.15. The number of hydrogen-bond acceptors (Lipinski definition) is 4. The zero-order valence-electron chi connectivity index (χ0n) is 15.7. The molecule has 0 spiro atoms. The Labute approximate surface area is 186 Å². The van der Waals surface area contributed by atoms with Crippen molar-refractivity contribution in [2.24, 2.45) is 0 Å². The van der Waals surface area contributed by atoms with Crippen molar-refractivity contribution in [3.8, 4) is 0 Å². The van der Waals surface area contributed by atoms with Crippen LogP contribution in [0.25, 0.3) is 11.2 Å². The first-order chi connectivity index (χ1) is 14.6. The van der Waals surface area contributed by atoms with E-state index in [1.807, 2.05) is 0 Å². The fourth-order valence-corrected chi connectivity index (χ4v) is 3.38. The highest BCUT2D eigenvalue weighted by atomic mass is 127. The molecule has 2 heterocycles. The van der Waals surface area contributed by atoms with Gasteiger partial charge in [0.25, 0.3) is 0 Å². The van der Waals surface area contributed by atoms with Gasteiger partial charge in [-0.3, -0.25) is 14.0 Å². The Morgan fingerprint density at radius 1 is 1.26 bits per heavy atom. The lowest BCUT2D eigenvalue weighted by atomic mass is 9.98. The number of imidazole rings is 1. The predicted molar refractivity (Wildman–Crippen MR) is 111 cm³/mol. The molecule has 12 heteroatoms. The molecule has 0 saturated heterocycles. The lowest BCUT2D eigenvalue weighted by Crippen LogP contribution is -2.30. The summed E-state index contributed by atoms with van der Waals surface area (Å²) in [4.78, 5) is 20.3. The lowest BCUT2D eigenvalue weighted by molar-refractivity contribution is -0.167. The number of hydroxylamine groups is 1. The van der Waals surface area contributed by atoms with Crippen LogP contribution in [-0.4, -0.2) is 35.1 Å². The number of fused-ring (bicyclic) bond motifs is 1. The minimum absolute atomic E-state index is 0.0216. The maximum absolute atomic E-state index is 14.5. The van der Waals surface area contributed by atoms with Crippen molar-refractivity contribution in [1.82, 2.24) is 14.9 Å². The van der Waals surface area contributed by atoms with E-state index >= 15 is 0 Å². The third kappa shape index (κ3) is 5.02. The van der Waals surface area contributed by atoms with Crippen molar-refractivity contribution in [2.45, 2.75) is 6.18 Å². The molecular weight excluding hydrogens is 538 g/mol. The van der Waals surface area contributed by atoms with Gasteiger partial charge in [-0.1, -0.05) is 12.1 Å². The summed E-state index contributed by atoms with van der Waals surface area (Å²) in [5.41, 5.74) is 3.39. The molecule has 1 aromatic carbocycles. The maximum atomic E-state index is 14.5. The topological polar surface area (TPSA) is 67.7 Å². The second-order valence-electron chi connectivity index (χ2n) is 6.08. The third-order valence-electron chi connectivity index (χ3n) is 4.12. The van der Waals surface area contributed by atoms with Gasteiger partial charge >= 0.3 is 12.1 Å². The van der Waals surface area contributed by atoms with E-state index in [-0.39, 0.29) is 27.3 Å². The minimum Gasteiger partial charge on any atom is -0.301 e. The molecule has 164 valence electrons. The standard InChI is InChI=1S/C19H14F5IN4O2/c1-26-31-8-7-11(12-3-2-4-13(20)15(12)21)10-5-6-14-27-17(16(25)29(14)9-10)28-18(30)19(22,23)24/h2-7,9,26H,8H2,1H3,(H,28,30). The molecule has 6 nitrogen and oxygen atoms in total. The van der Waals surface area contributed by atoms with Crippen molar-refractivity contribution in [1.29, 1.82) is 0 Å². The van der Waals surface area contributed by atoms with E-state index in [0.717, 1.165) is 6.07 Å².